The van der Waals surface area contributed by atoms with Gasteiger partial charge in [-0.2, -0.15) is 0 Å². The normalized spacial score (nSPS) is 14.8. The lowest BCUT2D eigenvalue weighted by atomic mass is 10.1. The van der Waals surface area contributed by atoms with Crippen LogP contribution in [0.25, 0.3) is 6.08 Å². The van der Waals surface area contributed by atoms with Crippen molar-refractivity contribution in [1.29, 1.82) is 0 Å². The van der Waals surface area contributed by atoms with Gasteiger partial charge in [0.05, 0.1) is 21.3 Å². The third-order valence-electron chi connectivity index (χ3n) is 3.93. The lowest BCUT2D eigenvalue weighted by molar-refractivity contribution is -0.129. The average molecular weight is 353 g/mol. The van der Waals surface area contributed by atoms with E-state index >= 15 is 0 Å². The smallest absolute Gasteiger partial charge is 0.363 e. The van der Waals surface area contributed by atoms with Gasteiger partial charge in [-0.3, -0.25) is 0 Å². The molecule has 0 atom stereocenters. The maximum Gasteiger partial charge on any atom is 0.363 e. The molecule has 0 aromatic heterocycles. The first-order valence-electron chi connectivity index (χ1n) is 7.95. The van der Waals surface area contributed by atoms with E-state index in [1.165, 1.54) is 0 Å². The zero-order chi connectivity index (χ0) is 18.7. The van der Waals surface area contributed by atoms with Gasteiger partial charge in [-0.15, -0.1) is 0 Å². The van der Waals surface area contributed by atoms with Gasteiger partial charge in [0.15, 0.2) is 17.2 Å². The van der Waals surface area contributed by atoms with E-state index in [0.29, 0.717) is 22.8 Å². The molecule has 0 fully saturated rings. The second kappa shape index (κ2) is 7.31. The van der Waals surface area contributed by atoms with Crippen LogP contribution in [0.3, 0.4) is 0 Å². The van der Waals surface area contributed by atoms with Crippen LogP contribution >= 0.6 is 0 Å². The predicted molar refractivity (Wildman–Crippen MR) is 97.9 cm³/mol. The first kappa shape index (κ1) is 17.5. The molecule has 0 N–H and O–H groups in total. The van der Waals surface area contributed by atoms with Gasteiger partial charge in [0, 0.05) is 11.1 Å². The Morgan fingerprint density at radius 2 is 1.62 bits per heavy atom. The minimum atomic E-state index is -0.515. The third kappa shape index (κ3) is 3.39. The van der Waals surface area contributed by atoms with Gasteiger partial charge in [-0.05, 0) is 43.3 Å². The number of esters is 1. The highest BCUT2D eigenvalue weighted by atomic mass is 16.6. The second-order valence-corrected chi connectivity index (χ2v) is 5.65. The summed E-state index contributed by atoms with van der Waals surface area (Å²) in [4.78, 5) is 16.5. The maximum atomic E-state index is 12.2. The quantitative estimate of drug-likeness (QED) is 0.609. The van der Waals surface area contributed by atoms with Gasteiger partial charge < -0.3 is 18.9 Å². The van der Waals surface area contributed by atoms with E-state index in [1.54, 1.807) is 45.6 Å². The molecule has 1 heterocycles. The molecule has 2 aromatic rings. The summed E-state index contributed by atoms with van der Waals surface area (Å²) in [5.41, 5.74) is 2.64. The van der Waals surface area contributed by atoms with Crippen LogP contribution in [-0.4, -0.2) is 33.2 Å². The van der Waals surface area contributed by atoms with E-state index in [0.717, 1.165) is 11.1 Å². The van der Waals surface area contributed by atoms with Crippen molar-refractivity contribution >= 4 is 17.9 Å². The molecule has 6 heteroatoms. The minimum absolute atomic E-state index is 0.207. The molecule has 2 aromatic carbocycles. The molecule has 26 heavy (non-hydrogen) atoms. The molecule has 0 radical (unpaired) electrons. The van der Waals surface area contributed by atoms with Crippen LogP contribution < -0.4 is 14.2 Å². The lowest BCUT2D eigenvalue weighted by Crippen LogP contribution is -2.06. The summed E-state index contributed by atoms with van der Waals surface area (Å²) in [6, 6.07) is 10.9. The fourth-order valence-electron chi connectivity index (χ4n) is 2.62. The van der Waals surface area contributed by atoms with E-state index in [9.17, 15) is 4.79 Å². The third-order valence-corrected chi connectivity index (χ3v) is 3.93. The number of cyclic esters (lactones) is 1. The topological polar surface area (TPSA) is 66.3 Å². The highest BCUT2D eigenvalue weighted by Crippen LogP contribution is 2.30. The molecular formula is C20H19NO5. The number of ether oxygens (including phenoxy) is 4. The summed E-state index contributed by atoms with van der Waals surface area (Å²) in [5, 5.41) is 0. The molecule has 3 rings (SSSR count). The van der Waals surface area contributed by atoms with E-state index < -0.39 is 5.97 Å². The number of hydrogen-bond donors (Lipinski definition) is 0. The average Bonchev–Trinajstić information content (AvgIpc) is 3.02. The van der Waals surface area contributed by atoms with Gasteiger partial charge >= 0.3 is 5.97 Å². The maximum absolute atomic E-state index is 12.2. The zero-order valence-corrected chi connectivity index (χ0v) is 15.0. The minimum Gasteiger partial charge on any atom is -0.496 e. The highest BCUT2D eigenvalue weighted by molar-refractivity contribution is 6.13. The van der Waals surface area contributed by atoms with Crippen LogP contribution in [-0.2, 0) is 9.53 Å². The Balaban J connectivity index is 1.98. The van der Waals surface area contributed by atoms with Crippen molar-refractivity contribution in [3.8, 4) is 17.2 Å². The van der Waals surface area contributed by atoms with Crippen LogP contribution in [0.4, 0.5) is 0 Å². The zero-order valence-electron chi connectivity index (χ0n) is 15.0. The van der Waals surface area contributed by atoms with Crippen LogP contribution in [0.2, 0.25) is 0 Å². The SMILES string of the molecule is COc1ccc(C)cc1C=C1N=C(c2ccc(OC)c(OC)c2)OC1=O. The van der Waals surface area contributed by atoms with Crippen molar-refractivity contribution in [2.45, 2.75) is 6.92 Å². The van der Waals surface area contributed by atoms with Crippen molar-refractivity contribution in [2.24, 2.45) is 4.99 Å². The van der Waals surface area contributed by atoms with E-state index in [-0.39, 0.29) is 11.6 Å². The van der Waals surface area contributed by atoms with E-state index in [4.69, 9.17) is 18.9 Å². The summed E-state index contributed by atoms with van der Waals surface area (Å²) < 4.78 is 21.1. The fourth-order valence-corrected chi connectivity index (χ4v) is 2.62. The van der Waals surface area contributed by atoms with E-state index in [1.807, 2.05) is 25.1 Å². The Labute approximate surface area is 151 Å². The number of benzene rings is 2. The number of methoxy groups -OCH3 is 3. The molecule has 1 aliphatic rings. The molecule has 0 spiro atoms. The standard InChI is InChI=1S/C20H19NO5/c1-12-5-7-16(23-2)14(9-12)10-15-20(22)26-19(21-15)13-6-8-17(24-3)18(11-13)25-4/h5-11H,1-4H3. The Hall–Kier alpha value is -3.28. The number of carbonyl (C=O) groups is 1. The van der Waals surface area contributed by atoms with Gasteiger partial charge in [0.1, 0.15) is 5.75 Å². The molecule has 0 aliphatic carbocycles. The van der Waals surface area contributed by atoms with Crippen LogP contribution in [0.5, 0.6) is 17.2 Å². The Morgan fingerprint density at radius 1 is 0.923 bits per heavy atom. The fraction of sp³-hybridized carbons (Fsp3) is 0.200. The summed E-state index contributed by atoms with van der Waals surface area (Å²) in [6.45, 7) is 1.97. The predicted octanol–water partition coefficient (Wildman–Crippen LogP) is 3.37. The molecule has 0 amide bonds. The monoisotopic (exact) mass is 353 g/mol. The summed E-state index contributed by atoms with van der Waals surface area (Å²) in [7, 11) is 4.68. The molecule has 0 unspecified atom stereocenters. The van der Waals surface area contributed by atoms with Crippen LogP contribution in [0.15, 0.2) is 47.1 Å². The number of rotatable bonds is 5. The molecule has 0 bridgehead atoms. The number of hydrogen-bond acceptors (Lipinski definition) is 6. The summed E-state index contributed by atoms with van der Waals surface area (Å²) >= 11 is 0. The molecule has 6 nitrogen and oxygen atoms in total. The van der Waals surface area contributed by atoms with Gasteiger partial charge in [-0.25, -0.2) is 9.79 Å². The molecule has 0 saturated heterocycles. The first-order valence-corrected chi connectivity index (χ1v) is 7.95. The lowest BCUT2D eigenvalue weighted by Gasteiger charge is -2.08. The number of aliphatic imine (C=N–C) groups is 1. The highest BCUT2D eigenvalue weighted by Gasteiger charge is 2.25. The van der Waals surface area contributed by atoms with Crippen molar-refractivity contribution in [2.75, 3.05) is 21.3 Å². The summed E-state index contributed by atoms with van der Waals surface area (Å²) in [5.74, 6) is 1.47. The molecule has 1 aliphatic heterocycles. The van der Waals surface area contributed by atoms with E-state index in [2.05, 4.69) is 4.99 Å². The Bertz CT molecular complexity index is 914. The number of carbonyl (C=O) groups excluding carboxylic acids is 1. The second-order valence-electron chi connectivity index (χ2n) is 5.65. The van der Waals surface area contributed by atoms with Gasteiger partial charge in [-0.1, -0.05) is 11.6 Å². The van der Waals surface area contributed by atoms with Gasteiger partial charge in [0.25, 0.3) is 0 Å². The van der Waals surface area contributed by atoms with Crippen molar-refractivity contribution in [3.05, 3.63) is 58.8 Å². The first-order chi connectivity index (χ1) is 12.5. The Morgan fingerprint density at radius 3 is 2.31 bits per heavy atom. The Kier molecular flexibility index (Phi) is 4.93. The van der Waals surface area contributed by atoms with Gasteiger partial charge in [0.2, 0.25) is 5.90 Å². The van der Waals surface area contributed by atoms with Crippen molar-refractivity contribution < 1.29 is 23.7 Å². The number of nitrogens with zero attached hydrogens (tertiary/aromatic N) is 1. The van der Waals surface area contributed by atoms with Crippen LogP contribution in [0.1, 0.15) is 16.7 Å². The summed E-state index contributed by atoms with van der Waals surface area (Å²) in [6.07, 6.45) is 1.65. The van der Waals surface area contributed by atoms with Crippen molar-refractivity contribution in [1.82, 2.24) is 0 Å². The molecular weight excluding hydrogens is 334 g/mol. The molecule has 134 valence electrons. The van der Waals surface area contributed by atoms with Crippen LogP contribution in [0, 0.1) is 6.92 Å². The number of aryl methyl sites for hydroxylation is 1. The molecule has 0 saturated carbocycles. The van der Waals surface area contributed by atoms with Crippen molar-refractivity contribution in [3.63, 3.8) is 0 Å². The largest absolute Gasteiger partial charge is 0.496 e.